The predicted molar refractivity (Wildman–Crippen MR) is 75.5 cm³/mol. The lowest BCUT2D eigenvalue weighted by molar-refractivity contribution is 0.397. The molecule has 0 amide bonds. The van der Waals surface area contributed by atoms with Crippen LogP contribution in [0.15, 0.2) is 36.5 Å². The number of hydrogen-bond donors (Lipinski definition) is 1. The van der Waals surface area contributed by atoms with Gasteiger partial charge in [0.2, 0.25) is 11.8 Å². The standard InChI is InChI=1S/C13H15N3OS/c1-17-12-7-8-14-13(16-12)15-11-5-3-10(4-6-11)9-18-2/h3-8H,9H2,1-2H3,(H,14,15,16). The largest absolute Gasteiger partial charge is 0.481 e. The van der Waals surface area contributed by atoms with Gasteiger partial charge < -0.3 is 10.1 Å². The molecule has 0 spiro atoms. The summed E-state index contributed by atoms with van der Waals surface area (Å²) < 4.78 is 5.05. The van der Waals surface area contributed by atoms with Crippen LogP contribution >= 0.6 is 11.8 Å². The summed E-state index contributed by atoms with van der Waals surface area (Å²) >= 11 is 1.81. The van der Waals surface area contributed by atoms with Gasteiger partial charge in [-0.2, -0.15) is 16.7 Å². The third-order valence-corrected chi connectivity index (χ3v) is 2.98. The van der Waals surface area contributed by atoms with Gasteiger partial charge >= 0.3 is 0 Å². The summed E-state index contributed by atoms with van der Waals surface area (Å²) in [5.74, 6) is 2.11. The van der Waals surface area contributed by atoms with E-state index in [2.05, 4.69) is 33.7 Å². The number of rotatable bonds is 5. The fourth-order valence-corrected chi connectivity index (χ4v) is 2.02. The molecule has 0 saturated carbocycles. The average Bonchev–Trinajstić information content (AvgIpc) is 2.42. The van der Waals surface area contributed by atoms with E-state index in [-0.39, 0.29) is 0 Å². The number of benzene rings is 1. The van der Waals surface area contributed by atoms with E-state index < -0.39 is 0 Å². The first-order valence-corrected chi connectivity index (χ1v) is 6.93. The van der Waals surface area contributed by atoms with Gasteiger partial charge in [0.1, 0.15) is 0 Å². The van der Waals surface area contributed by atoms with Crippen molar-refractivity contribution in [3.63, 3.8) is 0 Å². The molecule has 0 atom stereocenters. The van der Waals surface area contributed by atoms with E-state index in [1.165, 1.54) is 5.56 Å². The highest BCUT2D eigenvalue weighted by Gasteiger charge is 2.00. The summed E-state index contributed by atoms with van der Waals surface area (Å²) in [5, 5.41) is 3.14. The van der Waals surface area contributed by atoms with Gasteiger partial charge in [-0.25, -0.2) is 4.98 Å². The summed E-state index contributed by atoms with van der Waals surface area (Å²) in [6.07, 6.45) is 3.76. The number of thioether (sulfide) groups is 1. The van der Waals surface area contributed by atoms with Crippen LogP contribution in [0.4, 0.5) is 11.6 Å². The summed E-state index contributed by atoms with van der Waals surface area (Å²) in [6, 6.07) is 9.95. The molecule has 5 heteroatoms. The minimum atomic E-state index is 0.534. The predicted octanol–water partition coefficient (Wildman–Crippen LogP) is 3.09. The van der Waals surface area contributed by atoms with Crippen LogP contribution in [0.5, 0.6) is 5.88 Å². The van der Waals surface area contributed by atoms with Crippen LogP contribution in [0.1, 0.15) is 5.56 Å². The Labute approximate surface area is 111 Å². The van der Waals surface area contributed by atoms with Crippen molar-refractivity contribution in [2.24, 2.45) is 0 Å². The number of anilines is 2. The number of nitrogens with zero attached hydrogens (tertiary/aromatic N) is 2. The van der Waals surface area contributed by atoms with Gasteiger partial charge in [0.25, 0.3) is 0 Å². The zero-order valence-electron chi connectivity index (χ0n) is 10.4. The molecule has 1 aromatic heterocycles. The monoisotopic (exact) mass is 261 g/mol. The molecule has 2 rings (SSSR count). The van der Waals surface area contributed by atoms with E-state index in [9.17, 15) is 0 Å². The summed E-state index contributed by atoms with van der Waals surface area (Å²) in [5.41, 5.74) is 2.27. The van der Waals surface area contributed by atoms with Crippen molar-refractivity contribution in [3.05, 3.63) is 42.1 Å². The molecule has 1 heterocycles. The minimum Gasteiger partial charge on any atom is -0.481 e. The van der Waals surface area contributed by atoms with E-state index >= 15 is 0 Å². The molecular formula is C13H15N3OS. The molecular weight excluding hydrogens is 246 g/mol. The molecule has 0 aliphatic heterocycles. The number of methoxy groups -OCH3 is 1. The van der Waals surface area contributed by atoms with Crippen LogP contribution in [0, 0.1) is 0 Å². The Balaban J connectivity index is 2.08. The third kappa shape index (κ3) is 3.37. The van der Waals surface area contributed by atoms with Crippen molar-refractivity contribution < 1.29 is 4.74 Å². The fourth-order valence-electron chi connectivity index (χ4n) is 1.50. The van der Waals surface area contributed by atoms with Crippen molar-refractivity contribution in [1.82, 2.24) is 9.97 Å². The summed E-state index contributed by atoms with van der Waals surface area (Å²) in [7, 11) is 1.59. The molecule has 1 N–H and O–H groups in total. The first kappa shape index (κ1) is 12.7. The smallest absolute Gasteiger partial charge is 0.230 e. The molecule has 2 aromatic rings. The Morgan fingerprint density at radius 1 is 1.22 bits per heavy atom. The summed E-state index contributed by atoms with van der Waals surface area (Å²) in [6.45, 7) is 0. The molecule has 0 unspecified atom stereocenters. The molecule has 4 nitrogen and oxygen atoms in total. The maximum absolute atomic E-state index is 5.05. The first-order chi connectivity index (χ1) is 8.81. The van der Waals surface area contributed by atoms with Gasteiger partial charge in [-0.15, -0.1) is 0 Å². The topological polar surface area (TPSA) is 47.0 Å². The molecule has 0 bridgehead atoms. The Morgan fingerprint density at radius 3 is 2.67 bits per heavy atom. The molecule has 0 fully saturated rings. The van der Waals surface area contributed by atoms with Crippen LogP contribution in [-0.4, -0.2) is 23.3 Å². The second-order valence-corrected chi connectivity index (χ2v) is 4.54. The van der Waals surface area contributed by atoms with Gasteiger partial charge in [0.15, 0.2) is 0 Å². The maximum atomic E-state index is 5.05. The van der Waals surface area contributed by atoms with Crippen LogP contribution in [0.2, 0.25) is 0 Å². The second kappa shape index (κ2) is 6.26. The zero-order chi connectivity index (χ0) is 12.8. The van der Waals surface area contributed by atoms with Crippen LogP contribution in [-0.2, 0) is 5.75 Å². The molecule has 0 saturated heterocycles. The molecule has 0 radical (unpaired) electrons. The van der Waals surface area contributed by atoms with E-state index in [1.54, 1.807) is 19.4 Å². The second-order valence-electron chi connectivity index (χ2n) is 3.68. The number of nitrogens with one attached hydrogen (secondary N) is 1. The van der Waals surface area contributed by atoms with Crippen molar-refractivity contribution >= 4 is 23.4 Å². The molecule has 18 heavy (non-hydrogen) atoms. The highest BCUT2D eigenvalue weighted by molar-refractivity contribution is 7.97. The molecule has 0 aliphatic carbocycles. The highest BCUT2D eigenvalue weighted by atomic mass is 32.2. The normalized spacial score (nSPS) is 10.1. The van der Waals surface area contributed by atoms with Gasteiger partial charge in [-0.3, -0.25) is 0 Å². The molecule has 94 valence electrons. The quantitative estimate of drug-likeness (QED) is 0.896. The SMILES string of the molecule is COc1ccnc(Nc2ccc(CSC)cc2)n1. The zero-order valence-corrected chi connectivity index (χ0v) is 11.2. The Hall–Kier alpha value is -1.75. The van der Waals surface area contributed by atoms with Crippen LogP contribution in [0.25, 0.3) is 0 Å². The van der Waals surface area contributed by atoms with Crippen molar-refractivity contribution in [3.8, 4) is 5.88 Å². The first-order valence-electron chi connectivity index (χ1n) is 5.54. The van der Waals surface area contributed by atoms with E-state index in [1.807, 2.05) is 23.9 Å². The maximum Gasteiger partial charge on any atom is 0.230 e. The van der Waals surface area contributed by atoms with E-state index in [0.717, 1.165) is 11.4 Å². The van der Waals surface area contributed by atoms with Crippen molar-refractivity contribution in [2.45, 2.75) is 5.75 Å². The van der Waals surface area contributed by atoms with Gasteiger partial charge in [-0.1, -0.05) is 12.1 Å². The highest BCUT2D eigenvalue weighted by Crippen LogP contribution is 2.17. The van der Waals surface area contributed by atoms with E-state index in [0.29, 0.717) is 11.8 Å². The Bertz CT molecular complexity index is 502. The number of ether oxygens (including phenoxy) is 1. The molecule has 0 aliphatic rings. The fraction of sp³-hybridized carbons (Fsp3) is 0.231. The Kier molecular flexibility index (Phi) is 4.41. The summed E-state index contributed by atoms with van der Waals surface area (Å²) in [4.78, 5) is 8.33. The van der Waals surface area contributed by atoms with Gasteiger partial charge in [-0.05, 0) is 24.0 Å². The number of aromatic nitrogens is 2. The van der Waals surface area contributed by atoms with E-state index in [4.69, 9.17) is 4.74 Å². The lowest BCUT2D eigenvalue weighted by atomic mass is 10.2. The molecule has 1 aromatic carbocycles. The van der Waals surface area contributed by atoms with Crippen molar-refractivity contribution in [2.75, 3.05) is 18.7 Å². The van der Waals surface area contributed by atoms with Gasteiger partial charge in [0.05, 0.1) is 7.11 Å². The Morgan fingerprint density at radius 2 is 2.00 bits per heavy atom. The van der Waals surface area contributed by atoms with Gasteiger partial charge in [0, 0.05) is 23.7 Å². The third-order valence-electron chi connectivity index (χ3n) is 2.36. The lowest BCUT2D eigenvalue weighted by Crippen LogP contribution is -1.98. The van der Waals surface area contributed by atoms with Crippen LogP contribution < -0.4 is 10.1 Å². The van der Waals surface area contributed by atoms with Crippen molar-refractivity contribution in [1.29, 1.82) is 0 Å². The number of hydrogen-bond acceptors (Lipinski definition) is 5. The lowest BCUT2D eigenvalue weighted by Gasteiger charge is -2.06. The van der Waals surface area contributed by atoms with Crippen LogP contribution in [0.3, 0.4) is 0 Å². The minimum absolute atomic E-state index is 0.534. The average molecular weight is 261 g/mol.